The number of nitrogens with one attached hydrogen (secondary N) is 2. The molecule has 67 heavy (non-hydrogen) atoms. The Morgan fingerprint density at radius 3 is 2.45 bits per heavy atom. The first kappa shape index (κ1) is 35.6. The molecule has 2 aromatic carbocycles. The second kappa shape index (κ2) is 17.9. The summed E-state index contributed by atoms with van der Waals surface area (Å²) in [5, 5.41) is 9.40. The average Bonchev–Trinajstić information content (AvgIpc) is 3.96. The fourth-order valence-electron chi connectivity index (χ4n) is 9.47. The molecule has 5 amide bonds. The molecule has 5 aromatic rings. The molecule has 0 radical (unpaired) electrons. The van der Waals surface area contributed by atoms with Crippen LogP contribution in [0.3, 0.4) is 0 Å². The van der Waals surface area contributed by atoms with E-state index in [0.29, 0.717) is 101 Å². The third-order valence-corrected chi connectivity index (χ3v) is 13.0. The number of hydrogen-bond acceptors (Lipinski definition) is 12. The first-order valence-electron chi connectivity index (χ1n) is 26.3. The van der Waals surface area contributed by atoms with Crippen LogP contribution < -0.4 is 20.3 Å². The highest BCUT2D eigenvalue weighted by atomic mass is 19.2. The van der Waals surface area contributed by atoms with Gasteiger partial charge in [0.25, 0.3) is 17.7 Å². The van der Waals surface area contributed by atoms with E-state index in [1.807, 2.05) is 35.0 Å². The van der Waals surface area contributed by atoms with Crippen molar-refractivity contribution in [1.82, 2.24) is 44.3 Å². The number of likely N-dealkylation sites (tertiary alicyclic amines) is 1. The van der Waals surface area contributed by atoms with E-state index in [9.17, 15) is 24.0 Å². The van der Waals surface area contributed by atoms with Gasteiger partial charge in [0.1, 0.15) is 6.04 Å². The maximum atomic E-state index is 16.2. The summed E-state index contributed by atoms with van der Waals surface area (Å²) in [6.45, 7) is -8.35. The molecule has 2 atom stereocenters. The zero-order valence-electron chi connectivity index (χ0n) is 45.0. The predicted molar refractivity (Wildman–Crippen MR) is 242 cm³/mol. The molecule has 1 unspecified atom stereocenters. The first-order chi connectivity index (χ1) is 35.3. The first-order valence-corrected chi connectivity index (χ1v) is 22.3. The maximum Gasteiger partial charge on any atom is 0.265 e. The lowest BCUT2D eigenvalue weighted by molar-refractivity contribution is -0.136. The lowest BCUT2D eigenvalue weighted by Crippen LogP contribution is -2.54. The molecule has 0 aliphatic carbocycles. The zero-order valence-corrected chi connectivity index (χ0v) is 37.0. The number of fused-ring (bicyclic) bond motifs is 8. The molecule has 3 fully saturated rings. The maximum absolute atomic E-state index is 16.2. The minimum absolute atomic E-state index is 0.150. The molecule has 3 aromatic heterocycles. The van der Waals surface area contributed by atoms with Gasteiger partial charge >= 0.3 is 0 Å². The highest BCUT2D eigenvalue weighted by Gasteiger charge is 2.47. The third-order valence-electron chi connectivity index (χ3n) is 13.0. The van der Waals surface area contributed by atoms with Crippen molar-refractivity contribution in [2.24, 2.45) is 18.9 Å². The van der Waals surface area contributed by atoms with E-state index in [1.54, 1.807) is 30.1 Å². The predicted octanol–water partition coefficient (Wildman–Crippen LogP) is 4.91. The number of hydrogen-bond donors (Lipinski definition) is 2. The number of rotatable bonds is 6. The number of nitrogens with zero attached hydrogens (tertiary/aromatic N) is 9. The number of carbonyl (C=O) groups is 5. The number of imidazole rings is 1. The van der Waals surface area contributed by atoms with E-state index in [-0.39, 0.29) is 29.6 Å². The molecule has 5 aliphatic heterocycles. The number of piperidine rings is 2. The summed E-state index contributed by atoms with van der Waals surface area (Å²) in [6, 6.07) is 8.14. The van der Waals surface area contributed by atoms with Gasteiger partial charge in [0.2, 0.25) is 23.6 Å². The minimum Gasteiger partial charge on any atom is -0.477 e. The number of aromatic nitrogens is 5. The summed E-state index contributed by atoms with van der Waals surface area (Å²) in [6.07, 6.45) is 3.37. The number of halogens is 2. The van der Waals surface area contributed by atoms with Crippen LogP contribution in [0.2, 0.25) is 0 Å². The van der Waals surface area contributed by atoms with Crippen LogP contribution in [0.15, 0.2) is 42.6 Å². The van der Waals surface area contributed by atoms with Gasteiger partial charge in [-0.2, -0.15) is 5.10 Å². The van der Waals surface area contributed by atoms with Gasteiger partial charge in [0.05, 0.1) is 57.4 Å². The molecule has 0 spiro atoms. The molecule has 8 heterocycles. The highest BCUT2D eigenvalue weighted by molar-refractivity contribution is 6.24. The molecule has 19 heteroatoms. The number of pyridine rings is 1. The normalized spacial score (nSPS) is 26.1. The van der Waals surface area contributed by atoms with Crippen molar-refractivity contribution in [2.45, 2.75) is 71.5 Å². The number of imide groups is 2. The van der Waals surface area contributed by atoms with Crippen LogP contribution in [0.25, 0.3) is 22.3 Å². The average molecular weight is 926 g/mol. The molecule has 2 bridgehead atoms. The monoisotopic (exact) mass is 925 g/mol. The summed E-state index contributed by atoms with van der Waals surface area (Å²) in [5.74, 6) is -8.31. The summed E-state index contributed by atoms with van der Waals surface area (Å²) >= 11 is 0. The molecule has 17 nitrogen and oxygen atoms in total. The molecular formula is C48H53F2N11O6. The number of anilines is 2. The number of benzene rings is 2. The summed E-state index contributed by atoms with van der Waals surface area (Å²) in [7, 11) is 1.79. The lowest BCUT2D eigenvalue weighted by atomic mass is 9.95. The van der Waals surface area contributed by atoms with Crippen LogP contribution in [-0.2, 0) is 29.7 Å². The molecule has 0 saturated carbocycles. The third kappa shape index (κ3) is 8.54. The van der Waals surface area contributed by atoms with E-state index in [2.05, 4.69) is 27.2 Å². The Morgan fingerprint density at radius 1 is 0.881 bits per heavy atom. The van der Waals surface area contributed by atoms with Gasteiger partial charge in [-0.25, -0.2) is 18.4 Å². The van der Waals surface area contributed by atoms with E-state index in [0.717, 1.165) is 23.9 Å². The van der Waals surface area contributed by atoms with Gasteiger partial charge in [-0.15, -0.1) is 0 Å². The smallest absolute Gasteiger partial charge is 0.265 e. The number of amides is 5. The van der Waals surface area contributed by atoms with Gasteiger partial charge in [-0.05, 0) is 99.8 Å². The topological polar surface area (TPSA) is 180 Å². The number of carbonyl (C=O) groups excluding carboxylic acids is 5. The number of piperazine rings is 1. The second-order valence-corrected chi connectivity index (χ2v) is 17.8. The van der Waals surface area contributed by atoms with Crippen LogP contribution in [-0.4, -0.2) is 127 Å². The van der Waals surface area contributed by atoms with Gasteiger partial charge in [-0.1, -0.05) is 13.0 Å². The molecular weight excluding hydrogens is 865 g/mol. The van der Waals surface area contributed by atoms with Crippen molar-refractivity contribution in [3.05, 3.63) is 82.2 Å². The van der Waals surface area contributed by atoms with Crippen LogP contribution in [0.4, 0.5) is 20.4 Å². The zero-order chi connectivity index (χ0) is 53.8. The second-order valence-electron chi connectivity index (χ2n) is 17.8. The van der Waals surface area contributed by atoms with Crippen molar-refractivity contribution in [3.8, 4) is 17.1 Å². The van der Waals surface area contributed by atoms with E-state index in [1.165, 1.54) is 0 Å². The minimum atomic E-state index is -3.65. The molecule has 10 rings (SSSR count). The number of ether oxygens (including phenoxy) is 1. The summed E-state index contributed by atoms with van der Waals surface area (Å²) in [5.41, 5.74) is 1.26. The van der Waals surface area contributed by atoms with Crippen LogP contribution in [0, 0.1) is 30.4 Å². The molecule has 5 aliphatic rings. The number of aryl methyl sites for hydroxylation is 2. The lowest BCUT2D eigenvalue weighted by Gasteiger charge is -2.39. The largest absolute Gasteiger partial charge is 0.477 e. The van der Waals surface area contributed by atoms with E-state index in [4.69, 9.17) is 20.7 Å². The summed E-state index contributed by atoms with van der Waals surface area (Å²) in [4.78, 5) is 77.5. The Hall–Kier alpha value is -6.60. The summed E-state index contributed by atoms with van der Waals surface area (Å²) < 4.78 is 114. The highest BCUT2D eigenvalue weighted by Crippen LogP contribution is 2.36. The fourth-order valence-corrected chi connectivity index (χ4v) is 9.47. The Balaban J connectivity index is 0.852. The van der Waals surface area contributed by atoms with Crippen molar-refractivity contribution in [3.63, 3.8) is 0 Å². The van der Waals surface area contributed by atoms with Crippen molar-refractivity contribution in [1.29, 1.82) is 0 Å². The SMILES string of the molecule is [2H]C1([2H])N(CC2CCN(Cc3ccc4nc5n(c4c3)C[C@H](C)CCCOc3c(cnn3C)-c3cc(cc(C)n3)C(=O)N5)CC2)C([2H])([2H])C([2H])([2H])N(c2cc3c(c(F)c2F)C(=O)N(C2CCC(=O)NC2=O)C3=O)C1([2H])[2H]. The van der Waals surface area contributed by atoms with Crippen LogP contribution in [0.5, 0.6) is 5.88 Å². The fraction of sp³-hybridized carbons (Fsp3) is 0.458. The Bertz CT molecular complexity index is 3190. The molecule has 3 saturated heterocycles. The van der Waals surface area contributed by atoms with Gasteiger partial charge < -0.3 is 14.2 Å². The van der Waals surface area contributed by atoms with E-state index >= 15 is 8.78 Å². The van der Waals surface area contributed by atoms with E-state index < -0.39 is 96.6 Å². The van der Waals surface area contributed by atoms with Crippen LogP contribution >= 0.6 is 0 Å². The van der Waals surface area contributed by atoms with Crippen molar-refractivity contribution in [2.75, 3.05) is 62.4 Å². The standard InChI is InChI=1S/C48H53F2N11O6/c1-27-5-4-18-67-47-33(23-51-56(47)3)35-21-31(19-28(2)52-35)43(63)55-48-53-34-7-6-30(20-37(34)60(48)24-27)26-57-12-10-29(11-13-57)25-58-14-16-59(17-15-58)38-22-32-40(42(50)41(38)49)46(66)61(45(32)65)36-8-9-39(62)54-44(36)64/h6-7,19-23,27,29,36H,4-5,8-18,24-26H2,1-3H3,(H,53,55,63)(H,54,62,64)/t27-,36?/m1/s1/i14D2,15D2,16D2,17D2. The van der Waals surface area contributed by atoms with Gasteiger partial charge in [0.15, 0.2) is 11.6 Å². The quantitative estimate of drug-likeness (QED) is 0.220. The Labute approximate surface area is 396 Å². The molecule has 350 valence electrons. The Morgan fingerprint density at radius 2 is 1.67 bits per heavy atom. The molecule has 2 N–H and O–H groups in total. The van der Waals surface area contributed by atoms with Gasteiger partial charge in [0, 0.05) is 75.8 Å². The van der Waals surface area contributed by atoms with Crippen LogP contribution in [0.1, 0.15) is 98.7 Å². The van der Waals surface area contributed by atoms with Gasteiger partial charge in [-0.3, -0.25) is 54.3 Å². The van der Waals surface area contributed by atoms with Crippen molar-refractivity contribution < 1.29 is 48.5 Å². The Kier molecular flexibility index (Phi) is 9.50. The van der Waals surface area contributed by atoms with Crippen molar-refractivity contribution >= 4 is 52.2 Å².